The number of hydrogen-bond acceptors (Lipinski definition) is 5. The lowest BCUT2D eigenvalue weighted by Crippen LogP contribution is -2.04. The second kappa shape index (κ2) is 3.59. The predicted octanol–water partition coefficient (Wildman–Crippen LogP) is 0.590. The summed E-state index contributed by atoms with van der Waals surface area (Å²) in [6.45, 7) is 0. The van der Waals surface area contributed by atoms with Crippen LogP contribution < -0.4 is 0 Å². The summed E-state index contributed by atoms with van der Waals surface area (Å²) in [5, 5.41) is 3.78. The van der Waals surface area contributed by atoms with E-state index in [0.717, 1.165) is 0 Å². The molecule has 0 atom stereocenters. The van der Waals surface area contributed by atoms with Gasteiger partial charge in [-0.05, 0) is 12.1 Å². The van der Waals surface area contributed by atoms with Crippen molar-refractivity contribution < 1.29 is 8.42 Å². The first-order chi connectivity index (χ1) is 7.09. The van der Waals surface area contributed by atoms with Gasteiger partial charge in [-0.3, -0.25) is 0 Å². The number of pyridine rings is 1. The molecule has 0 aliphatic heterocycles. The molecule has 0 aromatic carbocycles. The average molecular weight is 245 g/mol. The quantitative estimate of drug-likeness (QED) is 0.723. The van der Waals surface area contributed by atoms with Gasteiger partial charge in [0.15, 0.2) is 5.82 Å². The second-order valence-corrected chi connectivity index (χ2v) is 5.14. The Hall–Kier alpha value is -1.47. The van der Waals surface area contributed by atoms with E-state index in [4.69, 9.17) is 10.7 Å². The molecule has 2 heterocycles. The summed E-state index contributed by atoms with van der Waals surface area (Å²) < 4.78 is 23.7. The van der Waals surface area contributed by atoms with Crippen LogP contribution in [-0.4, -0.2) is 28.2 Å². The van der Waals surface area contributed by atoms with Crippen LogP contribution in [0, 0.1) is 0 Å². The van der Waals surface area contributed by atoms with Crippen LogP contribution in [-0.2, 0) is 9.05 Å². The zero-order chi connectivity index (χ0) is 10.9. The molecule has 0 aliphatic carbocycles. The summed E-state index contributed by atoms with van der Waals surface area (Å²) in [4.78, 5) is 7.48. The van der Waals surface area contributed by atoms with Crippen molar-refractivity contribution in [1.82, 2.24) is 19.7 Å². The zero-order valence-electron chi connectivity index (χ0n) is 7.28. The van der Waals surface area contributed by atoms with Crippen LogP contribution >= 0.6 is 10.7 Å². The van der Waals surface area contributed by atoms with E-state index >= 15 is 0 Å². The highest BCUT2D eigenvalue weighted by Gasteiger charge is 2.17. The molecule has 8 heteroatoms. The number of halogens is 1. The van der Waals surface area contributed by atoms with E-state index in [1.165, 1.54) is 35.7 Å². The van der Waals surface area contributed by atoms with Crippen molar-refractivity contribution in [2.45, 2.75) is 4.90 Å². The lowest BCUT2D eigenvalue weighted by Gasteiger charge is -2.03. The maximum absolute atomic E-state index is 11.2. The van der Waals surface area contributed by atoms with Gasteiger partial charge in [0.2, 0.25) is 0 Å². The number of nitrogens with zero attached hydrogens (tertiary/aromatic N) is 4. The predicted molar refractivity (Wildman–Crippen MR) is 52.2 cm³/mol. The van der Waals surface area contributed by atoms with Crippen molar-refractivity contribution in [1.29, 1.82) is 0 Å². The molecule has 0 saturated carbocycles. The zero-order valence-corrected chi connectivity index (χ0v) is 8.85. The van der Waals surface area contributed by atoms with Gasteiger partial charge < -0.3 is 0 Å². The monoisotopic (exact) mass is 244 g/mol. The van der Waals surface area contributed by atoms with Gasteiger partial charge in [-0.1, -0.05) is 0 Å². The minimum atomic E-state index is -3.84. The molecule has 15 heavy (non-hydrogen) atoms. The Bertz CT molecular complexity index is 566. The number of hydrogen-bond donors (Lipinski definition) is 0. The van der Waals surface area contributed by atoms with E-state index in [2.05, 4.69) is 15.1 Å². The first-order valence-electron chi connectivity index (χ1n) is 3.84. The molecule has 0 radical (unpaired) electrons. The van der Waals surface area contributed by atoms with E-state index in [1.807, 2.05) is 0 Å². The van der Waals surface area contributed by atoms with Gasteiger partial charge in [-0.2, -0.15) is 5.10 Å². The molecule has 78 valence electrons. The van der Waals surface area contributed by atoms with Crippen LogP contribution in [0.25, 0.3) is 5.82 Å². The Morgan fingerprint density at radius 2 is 2.20 bits per heavy atom. The van der Waals surface area contributed by atoms with Gasteiger partial charge in [-0.25, -0.2) is 23.1 Å². The number of rotatable bonds is 2. The highest BCUT2D eigenvalue weighted by molar-refractivity contribution is 8.13. The van der Waals surface area contributed by atoms with E-state index in [1.54, 1.807) is 0 Å². The fraction of sp³-hybridized carbons (Fsp3) is 0. The molecule has 2 aromatic heterocycles. The Labute approximate surface area is 90.0 Å². The smallest absolute Gasteiger partial charge is 0.236 e. The van der Waals surface area contributed by atoms with Crippen LogP contribution in [0.5, 0.6) is 0 Å². The fourth-order valence-electron chi connectivity index (χ4n) is 1.06. The third-order valence-corrected chi connectivity index (χ3v) is 2.99. The topological polar surface area (TPSA) is 77.7 Å². The Kier molecular flexibility index (Phi) is 2.41. The van der Waals surface area contributed by atoms with E-state index < -0.39 is 9.05 Å². The second-order valence-electron chi connectivity index (χ2n) is 2.60. The van der Waals surface area contributed by atoms with Crippen LogP contribution in [0.1, 0.15) is 0 Å². The van der Waals surface area contributed by atoms with E-state index in [0.29, 0.717) is 0 Å². The Balaban J connectivity index is 2.68. The van der Waals surface area contributed by atoms with Crippen molar-refractivity contribution in [3.8, 4) is 5.82 Å². The lowest BCUT2D eigenvalue weighted by molar-refractivity contribution is 0.607. The van der Waals surface area contributed by atoms with E-state index in [-0.39, 0.29) is 10.7 Å². The van der Waals surface area contributed by atoms with Gasteiger partial charge in [0.25, 0.3) is 9.05 Å². The van der Waals surface area contributed by atoms with Gasteiger partial charge in [0, 0.05) is 16.9 Å². The van der Waals surface area contributed by atoms with Crippen molar-refractivity contribution in [3.63, 3.8) is 0 Å². The molecule has 0 unspecified atom stereocenters. The van der Waals surface area contributed by atoms with Crippen LogP contribution in [0.4, 0.5) is 0 Å². The van der Waals surface area contributed by atoms with Crippen LogP contribution in [0.15, 0.2) is 35.9 Å². The van der Waals surface area contributed by atoms with Crippen molar-refractivity contribution in [2.75, 3.05) is 0 Å². The third-order valence-electron chi connectivity index (χ3n) is 1.65. The first kappa shape index (κ1) is 10.1. The first-order valence-corrected chi connectivity index (χ1v) is 6.14. The summed E-state index contributed by atoms with van der Waals surface area (Å²) in [6, 6.07) is 2.84. The molecule has 0 bridgehead atoms. The highest BCUT2D eigenvalue weighted by Crippen LogP contribution is 2.19. The fourth-order valence-corrected chi connectivity index (χ4v) is 2.03. The van der Waals surface area contributed by atoms with Gasteiger partial charge >= 0.3 is 0 Å². The van der Waals surface area contributed by atoms with Gasteiger partial charge in [0.05, 0.1) is 0 Å². The molecule has 0 aliphatic rings. The minimum Gasteiger partial charge on any atom is -0.236 e. The normalized spacial score (nSPS) is 11.5. The summed E-state index contributed by atoms with van der Waals surface area (Å²) in [6.07, 6.45) is 4.07. The molecule has 2 aromatic rings. The SMILES string of the molecule is O=S(=O)(Cl)c1cccnc1-n1cncn1. The molecule has 0 amide bonds. The van der Waals surface area contributed by atoms with Crippen molar-refractivity contribution >= 4 is 19.7 Å². The molecule has 0 fully saturated rings. The van der Waals surface area contributed by atoms with Crippen molar-refractivity contribution in [3.05, 3.63) is 31.0 Å². The number of aromatic nitrogens is 4. The molecule has 0 spiro atoms. The molecular weight excluding hydrogens is 240 g/mol. The van der Waals surface area contributed by atoms with Crippen molar-refractivity contribution in [2.24, 2.45) is 0 Å². The summed E-state index contributed by atoms with van der Waals surface area (Å²) in [5.74, 6) is 0.130. The van der Waals surface area contributed by atoms with Crippen LogP contribution in [0.3, 0.4) is 0 Å². The maximum Gasteiger partial charge on any atom is 0.265 e. The maximum atomic E-state index is 11.2. The lowest BCUT2D eigenvalue weighted by atomic mass is 10.5. The highest BCUT2D eigenvalue weighted by atomic mass is 35.7. The third kappa shape index (κ3) is 1.97. The van der Waals surface area contributed by atoms with E-state index in [9.17, 15) is 8.42 Å². The summed E-state index contributed by atoms with van der Waals surface area (Å²) in [5.41, 5.74) is 0. The molecule has 0 N–H and O–H groups in total. The average Bonchev–Trinajstić information content (AvgIpc) is 2.69. The molecule has 6 nitrogen and oxygen atoms in total. The minimum absolute atomic E-state index is 0.0998. The summed E-state index contributed by atoms with van der Waals surface area (Å²) in [7, 11) is 1.41. The Morgan fingerprint density at radius 3 is 2.80 bits per heavy atom. The molecular formula is C7H5ClN4O2S. The largest absolute Gasteiger partial charge is 0.265 e. The summed E-state index contributed by atoms with van der Waals surface area (Å²) >= 11 is 0. The standard InChI is InChI=1S/C7H5ClN4O2S/c8-15(13,14)6-2-1-3-10-7(6)12-5-9-4-11-12/h1-5H. The molecule has 0 saturated heterocycles. The Morgan fingerprint density at radius 1 is 1.40 bits per heavy atom. The van der Waals surface area contributed by atoms with Crippen LogP contribution in [0.2, 0.25) is 0 Å². The van der Waals surface area contributed by atoms with Gasteiger partial charge in [-0.15, -0.1) is 0 Å². The van der Waals surface area contributed by atoms with Gasteiger partial charge in [0.1, 0.15) is 17.6 Å². The molecule has 2 rings (SSSR count).